The molecule has 0 saturated carbocycles. The summed E-state index contributed by atoms with van der Waals surface area (Å²) in [7, 11) is 0. The third kappa shape index (κ3) is 5.23. The molecule has 3 rings (SSSR count). The maximum Gasteiger partial charge on any atom is 0.234 e. The van der Waals surface area contributed by atoms with Crippen molar-refractivity contribution in [1.29, 1.82) is 0 Å². The second-order valence-corrected chi connectivity index (χ2v) is 8.09. The summed E-state index contributed by atoms with van der Waals surface area (Å²) in [5.41, 5.74) is 0.663. The Bertz CT molecular complexity index is 938. The number of hydrogen-bond acceptors (Lipinski definition) is 6. The van der Waals surface area contributed by atoms with E-state index in [2.05, 4.69) is 36.8 Å². The van der Waals surface area contributed by atoms with Gasteiger partial charge in [-0.15, -0.1) is 10.2 Å². The molecule has 1 amide bonds. The first kappa shape index (κ1) is 18.7. The van der Waals surface area contributed by atoms with E-state index in [0.717, 1.165) is 40.1 Å². The lowest BCUT2D eigenvalue weighted by molar-refractivity contribution is -0.113. The Labute approximate surface area is 164 Å². The minimum Gasteiger partial charge on any atom is -0.330 e. The molecule has 0 spiro atoms. The van der Waals surface area contributed by atoms with E-state index in [9.17, 15) is 13.6 Å². The molecule has 0 fully saturated rings. The lowest BCUT2D eigenvalue weighted by Gasteiger charge is -2.05. The van der Waals surface area contributed by atoms with Crippen molar-refractivity contribution in [1.82, 2.24) is 10.2 Å². The number of anilines is 3. The van der Waals surface area contributed by atoms with Gasteiger partial charge in [0.1, 0.15) is 11.6 Å². The standard InChI is InChI=1S/C16H11BrF2N4OS2/c17-9-2-1-3-11(6-9)20-15-22-23-16(26-15)25-8-14(24)21-13-7-10(18)4-5-12(13)19/h1-7H,8H2,(H,20,22)(H,21,24). The van der Waals surface area contributed by atoms with Crippen LogP contribution in [-0.4, -0.2) is 21.9 Å². The van der Waals surface area contributed by atoms with E-state index in [1.54, 1.807) is 0 Å². The Balaban J connectivity index is 1.54. The molecular weight excluding hydrogens is 446 g/mol. The fourth-order valence-corrected chi connectivity index (χ4v) is 3.89. The molecule has 1 heterocycles. The van der Waals surface area contributed by atoms with Gasteiger partial charge in [-0.3, -0.25) is 4.79 Å². The average molecular weight is 457 g/mol. The molecule has 0 aliphatic carbocycles. The van der Waals surface area contributed by atoms with E-state index in [4.69, 9.17) is 0 Å². The molecule has 0 saturated heterocycles. The number of carbonyl (C=O) groups excluding carboxylic acids is 1. The number of nitrogens with zero attached hydrogens (tertiary/aromatic N) is 2. The highest BCUT2D eigenvalue weighted by Gasteiger charge is 2.11. The van der Waals surface area contributed by atoms with Crippen molar-refractivity contribution in [2.45, 2.75) is 4.34 Å². The van der Waals surface area contributed by atoms with Crippen molar-refractivity contribution in [3.63, 3.8) is 0 Å². The molecule has 3 aromatic rings. The van der Waals surface area contributed by atoms with E-state index in [0.29, 0.717) is 9.47 Å². The van der Waals surface area contributed by atoms with Gasteiger partial charge in [-0.1, -0.05) is 45.1 Å². The predicted octanol–water partition coefficient (Wildman–Crippen LogP) is 5.05. The second kappa shape index (κ2) is 8.56. The van der Waals surface area contributed by atoms with Crippen LogP contribution in [0, 0.1) is 11.6 Å². The predicted molar refractivity (Wildman–Crippen MR) is 103 cm³/mol. The molecule has 2 aromatic carbocycles. The summed E-state index contributed by atoms with van der Waals surface area (Å²) in [5, 5.41) is 14.0. The highest BCUT2D eigenvalue weighted by atomic mass is 79.9. The summed E-state index contributed by atoms with van der Waals surface area (Å²) >= 11 is 5.83. The minimum absolute atomic E-state index is 0.00146. The quantitative estimate of drug-likeness (QED) is 0.507. The molecular formula is C16H11BrF2N4OS2. The number of amides is 1. The van der Waals surface area contributed by atoms with E-state index in [-0.39, 0.29) is 11.4 Å². The first-order chi connectivity index (χ1) is 12.5. The smallest absolute Gasteiger partial charge is 0.234 e. The Kier molecular flexibility index (Phi) is 6.17. The first-order valence-corrected chi connectivity index (χ1v) is 9.83. The van der Waals surface area contributed by atoms with Crippen LogP contribution in [0.2, 0.25) is 0 Å². The topological polar surface area (TPSA) is 66.9 Å². The molecule has 0 atom stereocenters. The summed E-state index contributed by atoms with van der Waals surface area (Å²) in [5.74, 6) is -1.78. The zero-order valence-electron chi connectivity index (χ0n) is 13.0. The van der Waals surface area contributed by atoms with Gasteiger partial charge >= 0.3 is 0 Å². The molecule has 0 radical (unpaired) electrons. The fourth-order valence-electron chi connectivity index (χ4n) is 1.92. The number of thioether (sulfide) groups is 1. The van der Waals surface area contributed by atoms with Gasteiger partial charge in [-0.25, -0.2) is 8.78 Å². The lowest BCUT2D eigenvalue weighted by atomic mass is 10.3. The van der Waals surface area contributed by atoms with Crippen LogP contribution in [0.3, 0.4) is 0 Å². The lowest BCUT2D eigenvalue weighted by Crippen LogP contribution is -2.15. The summed E-state index contributed by atoms with van der Waals surface area (Å²) < 4.78 is 28.1. The number of aromatic nitrogens is 2. The average Bonchev–Trinajstić information content (AvgIpc) is 3.04. The van der Waals surface area contributed by atoms with Gasteiger partial charge < -0.3 is 10.6 Å². The van der Waals surface area contributed by atoms with Crippen LogP contribution in [0.1, 0.15) is 0 Å². The minimum atomic E-state index is -0.693. The van der Waals surface area contributed by atoms with Gasteiger partial charge in [0.2, 0.25) is 11.0 Å². The third-order valence-corrected chi connectivity index (χ3v) is 5.48. The summed E-state index contributed by atoms with van der Waals surface area (Å²) in [6, 6.07) is 10.5. The third-order valence-electron chi connectivity index (χ3n) is 3.01. The van der Waals surface area contributed by atoms with Crippen LogP contribution in [0.15, 0.2) is 51.3 Å². The van der Waals surface area contributed by atoms with E-state index in [1.165, 1.54) is 11.3 Å². The Morgan fingerprint density at radius 1 is 1.19 bits per heavy atom. The molecule has 10 heteroatoms. The maximum atomic E-state index is 13.5. The molecule has 0 unspecified atom stereocenters. The van der Waals surface area contributed by atoms with E-state index < -0.39 is 17.5 Å². The highest BCUT2D eigenvalue weighted by Crippen LogP contribution is 2.28. The molecule has 2 N–H and O–H groups in total. The van der Waals surface area contributed by atoms with Crippen molar-refractivity contribution in [2.75, 3.05) is 16.4 Å². The monoisotopic (exact) mass is 456 g/mol. The maximum absolute atomic E-state index is 13.5. The Morgan fingerprint density at radius 3 is 2.85 bits per heavy atom. The van der Waals surface area contributed by atoms with Crippen LogP contribution >= 0.6 is 39.0 Å². The van der Waals surface area contributed by atoms with E-state index >= 15 is 0 Å². The van der Waals surface area contributed by atoms with Gasteiger partial charge in [-0.05, 0) is 30.3 Å². The molecule has 0 aliphatic rings. The molecule has 26 heavy (non-hydrogen) atoms. The van der Waals surface area contributed by atoms with Crippen molar-refractivity contribution in [3.8, 4) is 0 Å². The summed E-state index contributed by atoms with van der Waals surface area (Å²) in [4.78, 5) is 11.9. The largest absolute Gasteiger partial charge is 0.330 e. The van der Waals surface area contributed by atoms with Gasteiger partial charge in [0.15, 0.2) is 4.34 Å². The number of hydrogen-bond donors (Lipinski definition) is 2. The van der Waals surface area contributed by atoms with Gasteiger partial charge in [-0.2, -0.15) is 0 Å². The zero-order valence-corrected chi connectivity index (χ0v) is 16.2. The van der Waals surface area contributed by atoms with Crippen molar-refractivity contribution in [2.24, 2.45) is 0 Å². The SMILES string of the molecule is O=C(CSc1nnc(Nc2cccc(Br)c2)s1)Nc1cc(F)ccc1F. The number of carbonyl (C=O) groups is 1. The van der Waals surface area contributed by atoms with Crippen molar-refractivity contribution >= 4 is 61.4 Å². The number of rotatable bonds is 6. The molecule has 0 aliphatic heterocycles. The fraction of sp³-hybridized carbons (Fsp3) is 0.0625. The van der Waals surface area contributed by atoms with Crippen LogP contribution in [0.5, 0.6) is 0 Å². The molecule has 0 bridgehead atoms. The van der Waals surface area contributed by atoms with Crippen LogP contribution in [0.4, 0.5) is 25.3 Å². The Morgan fingerprint density at radius 2 is 2.04 bits per heavy atom. The number of halogens is 3. The number of benzene rings is 2. The van der Waals surface area contributed by atoms with E-state index in [1.807, 2.05) is 24.3 Å². The molecule has 1 aromatic heterocycles. The van der Waals surface area contributed by atoms with Crippen molar-refractivity contribution in [3.05, 3.63) is 58.6 Å². The zero-order chi connectivity index (χ0) is 18.5. The van der Waals surface area contributed by atoms with Crippen LogP contribution in [-0.2, 0) is 4.79 Å². The highest BCUT2D eigenvalue weighted by molar-refractivity contribution is 9.10. The van der Waals surface area contributed by atoms with Gasteiger partial charge in [0.25, 0.3) is 0 Å². The Hall–Kier alpha value is -2.04. The van der Waals surface area contributed by atoms with Crippen molar-refractivity contribution < 1.29 is 13.6 Å². The molecule has 5 nitrogen and oxygen atoms in total. The summed E-state index contributed by atoms with van der Waals surface area (Å²) in [6.45, 7) is 0. The van der Waals surface area contributed by atoms with Crippen LogP contribution in [0.25, 0.3) is 0 Å². The van der Waals surface area contributed by atoms with Gasteiger partial charge in [0.05, 0.1) is 11.4 Å². The second-order valence-electron chi connectivity index (χ2n) is 4.97. The molecule has 134 valence electrons. The first-order valence-electron chi connectivity index (χ1n) is 7.23. The summed E-state index contributed by atoms with van der Waals surface area (Å²) in [6.07, 6.45) is 0. The van der Waals surface area contributed by atoms with Crippen LogP contribution < -0.4 is 10.6 Å². The van der Waals surface area contributed by atoms with Gasteiger partial charge in [0, 0.05) is 16.2 Å². The number of nitrogens with one attached hydrogen (secondary N) is 2. The normalized spacial score (nSPS) is 10.6.